The van der Waals surface area contributed by atoms with Crippen LogP contribution in [-0.4, -0.2) is 47.2 Å². The van der Waals surface area contributed by atoms with Gasteiger partial charge in [0.1, 0.15) is 6.67 Å². The van der Waals surface area contributed by atoms with Crippen molar-refractivity contribution in [1.29, 1.82) is 0 Å². The summed E-state index contributed by atoms with van der Waals surface area (Å²) in [6, 6.07) is 11.1. The standard InChI is InChI=1S/C32H31F2N3O6S/c1-2-3-12-41-31(40)43-18-42-29-24(38)10-11-36-28(29)30(39)35(32-13-19(14-32)15-32)17-37(36)27-20-8-9-23(33)26(34)22(20)16-44-25-7-5-4-6-21(25)27/h4-11,19,27H,2-3,12-18H2,1H3/t19?,27-,32?/m0/s1. The number of aromatic nitrogens is 1. The van der Waals surface area contributed by atoms with Crippen LogP contribution in [0, 0.1) is 17.6 Å². The lowest BCUT2D eigenvalue weighted by atomic mass is 9.49. The quantitative estimate of drug-likeness (QED) is 0.179. The minimum atomic E-state index is -0.940. The van der Waals surface area contributed by atoms with E-state index in [2.05, 4.69) is 0 Å². The molecule has 230 valence electrons. The van der Waals surface area contributed by atoms with Crippen LogP contribution in [-0.2, 0) is 15.2 Å². The molecule has 8 rings (SSSR count). The van der Waals surface area contributed by atoms with Crippen LogP contribution in [0.4, 0.5) is 13.6 Å². The van der Waals surface area contributed by atoms with E-state index in [4.69, 9.17) is 14.2 Å². The lowest BCUT2D eigenvalue weighted by molar-refractivity contribution is -0.128. The molecule has 0 saturated heterocycles. The number of hydrogen-bond donors (Lipinski definition) is 0. The van der Waals surface area contributed by atoms with Crippen molar-refractivity contribution in [3.63, 3.8) is 0 Å². The Morgan fingerprint density at radius 3 is 2.59 bits per heavy atom. The largest absolute Gasteiger partial charge is 0.511 e. The van der Waals surface area contributed by atoms with Crippen LogP contribution in [0.25, 0.3) is 0 Å². The van der Waals surface area contributed by atoms with Crippen molar-refractivity contribution < 1.29 is 32.6 Å². The Morgan fingerprint density at radius 1 is 1.05 bits per heavy atom. The summed E-state index contributed by atoms with van der Waals surface area (Å²) in [6.07, 6.45) is 4.66. The Kier molecular flexibility index (Phi) is 7.26. The predicted octanol–water partition coefficient (Wildman–Crippen LogP) is 5.72. The predicted molar refractivity (Wildman–Crippen MR) is 157 cm³/mol. The van der Waals surface area contributed by atoms with Crippen molar-refractivity contribution >= 4 is 23.8 Å². The number of benzene rings is 2. The van der Waals surface area contributed by atoms with E-state index < -0.39 is 36.1 Å². The summed E-state index contributed by atoms with van der Waals surface area (Å²) in [6.45, 7) is 1.68. The second-order valence-corrected chi connectivity index (χ2v) is 12.8. The molecule has 2 bridgehead atoms. The van der Waals surface area contributed by atoms with Crippen molar-refractivity contribution in [3.8, 4) is 5.75 Å². The highest BCUT2D eigenvalue weighted by Gasteiger charge is 2.63. The molecule has 3 saturated carbocycles. The molecule has 3 aromatic rings. The molecule has 0 unspecified atom stereocenters. The third-order valence-corrected chi connectivity index (χ3v) is 10.2. The van der Waals surface area contributed by atoms with Crippen LogP contribution >= 0.6 is 11.8 Å². The summed E-state index contributed by atoms with van der Waals surface area (Å²) >= 11 is 1.42. The highest BCUT2D eigenvalue weighted by Crippen LogP contribution is 2.61. The average molecular weight is 624 g/mol. The first kappa shape index (κ1) is 28.7. The number of nitrogens with zero attached hydrogens (tertiary/aromatic N) is 3. The van der Waals surface area contributed by atoms with Gasteiger partial charge in [-0.05, 0) is 54.9 Å². The molecule has 1 aromatic heterocycles. The van der Waals surface area contributed by atoms with Crippen LogP contribution in [0.5, 0.6) is 5.75 Å². The third kappa shape index (κ3) is 4.61. The first-order valence-electron chi connectivity index (χ1n) is 14.8. The van der Waals surface area contributed by atoms with E-state index >= 15 is 4.39 Å². The summed E-state index contributed by atoms with van der Waals surface area (Å²) in [7, 11) is 0. The molecule has 0 spiro atoms. The van der Waals surface area contributed by atoms with Crippen LogP contribution in [0.2, 0.25) is 0 Å². The maximum absolute atomic E-state index is 15.3. The number of carbonyl (C=O) groups is 2. The molecule has 3 fully saturated rings. The number of unbranched alkanes of at least 4 members (excludes halogenated alkanes) is 1. The number of halogens is 2. The SMILES string of the molecule is CCCCOC(=O)OCOc1c2n(ccc1=O)N([C@@H]1c3ccccc3SCc3c1ccc(F)c3F)CN(C13CC(C1)C3)C2=O. The monoisotopic (exact) mass is 623 g/mol. The van der Waals surface area contributed by atoms with Gasteiger partial charge in [0.25, 0.3) is 5.91 Å². The molecular formula is C32H31F2N3O6S. The van der Waals surface area contributed by atoms with Gasteiger partial charge in [0, 0.05) is 34.0 Å². The fourth-order valence-corrected chi connectivity index (χ4v) is 7.88. The number of thioether (sulfide) groups is 1. The maximum Gasteiger partial charge on any atom is 0.511 e. The van der Waals surface area contributed by atoms with Crippen LogP contribution in [0.15, 0.2) is 58.4 Å². The molecule has 3 heterocycles. The summed E-state index contributed by atoms with van der Waals surface area (Å²) in [5.74, 6) is -1.67. The van der Waals surface area contributed by atoms with Gasteiger partial charge in [-0.2, -0.15) is 0 Å². The lowest BCUT2D eigenvalue weighted by Gasteiger charge is -2.67. The van der Waals surface area contributed by atoms with E-state index in [1.165, 1.54) is 24.0 Å². The van der Waals surface area contributed by atoms with Crippen molar-refractivity contribution in [2.24, 2.45) is 5.92 Å². The van der Waals surface area contributed by atoms with Crippen molar-refractivity contribution in [1.82, 2.24) is 9.58 Å². The van der Waals surface area contributed by atoms with E-state index in [0.29, 0.717) is 17.9 Å². The number of ether oxygens (including phenoxy) is 3. The number of rotatable bonds is 8. The summed E-state index contributed by atoms with van der Waals surface area (Å²) < 4.78 is 47.2. The zero-order valence-electron chi connectivity index (χ0n) is 24.1. The summed E-state index contributed by atoms with van der Waals surface area (Å²) in [4.78, 5) is 42.1. The highest BCUT2D eigenvalue weighted by atomic mass is 32.2. The van der Waals surface area contributed by atoms with E-state index in [0.717, 1.165) is 42.2 Å². The van der Waals surface area contributed by atoms with Gasteiger partial charge in [-0.15, -0.1) is 11.8 Å². The summed E-state index contributed by atoms with van der Waals surface area (Å²) in [5, 5.41) is 1.91. The number of fused-ring (bicyclic) bond motifs is 3. The molecule has 2 aliphatic heterocycles. The topological polar surface area (TPSA) is 90.3 Å². The fourth-order valence-electron chi connectivity index (χ4n) is 6.76. The van der Waals surface area contributed by atoms with Gasteiger partial charge < -0.3 is 19.1 Å². The Balaban J connectivity index is 1.33. The van der Waals surface area contributed by atoms with Gasteiger partial charge in [0.15, 0.2) is 17.3 Å². The molecule has 1 atom stereocenters. The van der Waals surface area contributed by atoms with Crippen LogP contribution < -0.4 is 15.2 Å². The molecule has 5 aliphatic rings. The number of amides is 1. The molecule has 9 nitrogen and oxygen atoms in total. The van der Waals surface area contributed by atoms with Crippen molar-refractivity contribution in [2.45, 2.75) is 61.3 Å². The zero-order valence-corrected chi connectivity index (χ0v) is 24.9. The van der Waals surface area contributed by atoms with Crippen molar-refractivity contribution in [3.05, 3.63) is 92.9 Å². The third-order valence-electron chi connectivity index (χ3n) is 9.13. The summed E-state index contributed by atoms with van der Waals surface area (Å²) in [5.41, 5.74) is 0.758. The van der Waals surface area contributed by atoms with Gasteiger partial charge in [-0.3, -0.25) is 19.3 Å². The second kappa shape index (κ2) is 11.1. The van der Waals surface area contributed by atoms with E-state index in [1.807, 2.05) is 36.2 Å². The van der Waals surface area contributed by atoms with E-state index in [9.17, 15) is 18.8 Å². The molecule has 0 radical (unpaired) electrons. The number of hydrogen-bond acceptors (Lipinski definition) is 8. The smallest absolute Gasteiger partial charge is 0.451 e. The van der Waals surface area contributed by atoms with E-state index in [-0.39, 0.29) is 47.5 Å². The first-order valence-corrected chi connectivity index (χ1v) is 15.8. The Hall–Kier alpha value is -4.06. The van der Waals surface area contributed by atoms with Crippen molar-refractivity contribution in [2.75, 3.05) is 25.1 Å². The molecule has 44 heavy (non-hydrogen) atoms. The normalized spacial score (nSPS) is 22.9. The molecule has 2 aromatic carbocycles. The van der Waals surface area contributed by atoms with Gasteiger partial charge in [0.05, 0.1) is 12.6 Å². The molecular weight excluding hydrogens is 592 g/mol. The van der Waals surface area contributed by atoms with E-state index in [1.54, 1.807) is 15.6 Å². The Bertz CT molecular complexity index is 1700. The zero-order chi connectivity index (χ0) is 30.6. The highest BCUT2D eigenvalue weighted by molar-refractivity contribution is 7.98. The maximum atomic E-state index is 15.3. The minimum Gasteiger partial charge on any atom is -0.451 e. The van der Waals surface area contributed by atoms with Gasteiger partial charge >= 0.3 is 6.16 Å². The lowest BCUT2D eigenvalue weighted by Crippen LogP contribution is -2.73. The minimum absolute atomic E-state index is 0.0186. The molecule has 3 aliphatic carbocycles. The van der Waals surface area contributed by atoms with Crippen LogP contribution in [0.1, 0.15) is 72.2 Å². The number of carbonyl (C=O) groups excluding carboxylic acids is 2. The first-order chi connectivity index (χ1) is 21.3. The van der Waals surface area contributed by atoms with Gasteiger partial charge in [-0.25, -0.2) is 13.6 Å². The molecule has 0 N–H and O–H groups in total. The average Bonchev–Trinajstić information content (AvgIpc) is 3.13. The number of pyridine rings is 1. The Morgan fingerprint density at radius 2 is 1.84 bits per heavy atom. The molecule has 1 amide bonds. The second-order valence-electron chi connectivity index (χ2n) is 11.7. The Labute approximate surface area is 256 Å². The van der Waals surface area contributed by atoms with Crippen LogP contribution in [0.3, 0.4) is 0 Å². The van der Waals surface area contributed by atoms with Gasteiger partial charge in [-0.1, -0.05) is 37.6 Å². The molecule has 12 heteroatoms. The van der Waals surface area contributed by atoms with Gasteiger partial charge in [0.2, 0.25) is 18.0 Å². The fraction of sp³-hybridized carbons (Fsp3) is 0.406.